The Balaban J connectivity index is 2.82. The smallest absolute Gasteiger partial charge is 0.387 e. The molecule has 1 unspecified atom stereocenters. The maximum atomic E-state index is 12.4. The van der Waals surface area contributed by atoms with E-state index in [2.05, 4.69) is 4.74 Å². The predicted molar refractivity (Wildman–Crippen MR) is 74.0 cm³/mol. The molecule has 0 aliphatic rings. The molecule has 0 radical (unpaired) electrons. The fraction of sp³-hybridized carbons (Fsp3) is 0.571. The van der Waals surface area contributed by atoms with Crippen LogP contribution in [-0.4, -0.2) is 44.9 Å². The number of halogens is 2. The maximum absolute atomic E-state index is 12.4. The van der Waals surface area contributed by atoms with E-state index in [-0.39, 0.29) is 11.8 Å². The molecule has 114 valence electrons. The quantitative estimate of drug-likeness (QED) is 0.708. The van der Waals surface area contributed by atoms with E-state index >= 15 is 0 Å². The number of ether oxygens (including phenoxy) is 2. The lowest BCUT2D eigenvalue weighted by atomic mass is 10.0. The molecular formula is C14H22F2N2O2. The van der Waals surface area contributed by atoms with Crippen LogP contribution in [0.1, 0.15) is 18.5 Å². The third-order valence-electron chi connectivity index (χ3n) is 3.04. The van der Waals surface area contributed by atoms with Crippen LogP contribution in [0.5, 0.6) is 5.75 Å². The summed E-state index contributed by atoms with van der Waals surface area (Å²) < 4.78 is 34.7. The van der Waals surface area contributed by atoms with Crippen molar-refractivity contribution in [3.05, 3.63) is 29.8 Å². The molecule has 1 rings (SSSR count). The van der Waals surface area contributed by atoms with Gasteiger partial charge in [0.25, 0.3) is 0 Å². The van der Waals surface area contributed by atoms with Crippen molar-refractivity contribution < 1.29 is 18.3 Å². The molecule has 1 aromatic carbocycles. The summed E-state index contributed by atoms with van der Waals surface area (Å²) in [6.07, 6.45) is 0. The molecule has 20 heavy (non-hydrogen) atoms. The predicted octanol–water partition coefficient (Wildman–Crippen LogP) is 2.26. The molecule has 0 aromatic heterocycles. The first-order valence-electron chi connectivity index (χ1n) is 6.61. The Hall–Kier alpha value is -1.24. The summed E-state index contributed by atoms with van der Waals surface area (Å²) in [4.78, 5) is 1.98. The van der Waals surface area contributed by atoms with Gasteiger partial charge in [-0.1, -0.05) is 18.2 Å². The van der Waals surface area contributed by atoms with Crippen LogP contribution in [0.4, 0.5) is 8.78 Å². The van der Waals surface area contributed by atoms with Gasteiger partial charge in [-0.15, -0.1) is 0 Å². The minimum atomic E-state index is -2.84. The van der Waals surface area contributed by atoms with E-state index in [1.807, 2.05) is 18.9 Å². The summed E-state index contributed by atoms with van der Waals surface area (Å²) in [6.45, 7) is 1.27. The van der Waals surface area contributed by atoms with Gasteiger partial charge in [0.1, 0.15) is 5.75 Å². The summed E-state index contributed by atoms with van der Waals surface area (Å²) in [7, 11) is 1.88. The van der Waals surface area contributed by atoms with Crippen LogP contribution >= 0.6 is 0 Å². The largest absolute Gasteiger partial charge is 0.434 e. The van der Waals surface area contributed by atoms with Crippen LogP contribution in [0.2, 0.25) is 0 Å². The highest BCUT2D eigenvalue weighted by molar-refractivity contribution is 5.36. The number of hydrogen-bond donors (Lipinski definition) is 1. The fourth-order valence-corrected chi connectivity index (χ4v) is 2.01. The van der Waals surface area contributed by atoms with Gasteiger partial charge in [0, 0.05) is 25.3 Å². The lowest BCUT2D eigenvalue weighted by Crippen LogP contribution is -2.33. The normalized spacial score (nSPS) is 12.9. The zero-order valence-corrected chi connectivity index (χ0v) is 11.9. The zero-order valence-electron chi connectivity index (χ0n) is 11.9. The zero-order chi connectivity index (χ0) is 15.0. The Morgan fingerprint density at radius 3 is 2.60 bits per heavy atom. The number of nitrogens with two attached hydrogens (primary N) is 1. The molecular weight excluding hydrogens is 266 g/mol. The van der Waals surface area contributed by atoms with Crippen LogP contribution < -0.4 is 10.5 Å². The van der Waals surface area contributed by atoms with Gasteiger partial charge < -0.3 is 15.2 Å². The van der Waals surface area contributed by atoms with Crippen LogP contribution in [-0.2, 0) is 4.74 Å². The van der Waals surface area contributed by atoms with Crippen molar-refractivity contribution in [1.82, 2.24) is 4.90 Å². The number of nitrogens with zero attached hydrogens (tertiary/aromatic N) is 1. The highest BCUT2D eigenvalue weighted by Gasteiger charge is 2.20. The van der Waals surface area contributed by atoms with Gasteiger partial charge in [-0.3, -0.25) is 4.90 Å². The number of hydrogen-bond acceptors (Lipinski definition) is 4. The average molecular weight is 288 g/mol. The molecule has 0 saturated heterocycles. The monoisotopic (exact) mass is 288 g/mol. The first-order valence-corrected chi connectivity index (χ1v) is 6.61. The third kappa shape index (κ3) is 5.03. The Morgan fingerprint density at radius 1 is 1.30 bits per heavy atom. The lowest BCUT2D eigenvalue weighted by Gasteiger charge is -2.28. The molecule has 0 fully saturated rings. The van der Waals surface area contributed by atoms with Gasteiger partial charge >= 0.3 is 6.61 Å². The number of para-hydroxylation sites is 1. The molecule has 0 bridgehead atoms. The van der Waals surface area contributed by atoms with Crippen molar-refractivity contribution in [1.29, 1.82) is 0 Å². The van der Waals surface area contributed by atoms with Gasteiger partial charge in [0.15, 0.2) is 0 Å². The molecule has 2 N–H and O–H groups in total. The van der Waals surface area contributed by atoms with Crippen LogP contribution in [0.25, 0.3) is 0 Å². The standard InChI is InChI=1S/C14H22F2N2O2/c1-3-19-9-8-18(2)12(10-17)11-6-4-5-7-13(11)20-14(15)16/h4-7,12,14H,3,8-10,17H2,1-2H3. The minimum absolute atomic E-state index is 0.168. The Bertz CT molecular complexity index is 391. The van der Waals surface area contributed by atoms with Crippen molar-refractivity contribution in [2.24, 2.45) is 5.73 Å². The highest BCUT2D eigenvalue weighted by atomic mass is 19.3. The second-order valence-corrected chi connectivity index (χ2v) is 4.35. The van der Waals surface area contributed by atoms with E-state index < -0.39 is 6.61 Å². The summed E-state index contributed by atoms with van der Waals surface area (Å²) >= 11 is 0. The first kappa shape index (κ1) is 16.8. The van der Waals surface area contributed by atoms with Gasteiger partial charge in [-0.05, 0) is 20.0 Å². The first-order chi connectivity index (χ1) is 9.60. The van der Waals surface area contributed by atoms with E-state index in [1.54, 1.807) is 18.2 Å². The Labute approximate surface area is 118 Å². The topological polar surface area (TPSA) is 47.7 Å². The van der Waals surface area contributed by atoms with E-state index in [4.69, 9.17) is 10.5 Å². The number of benzene rings is 1. The SMILES string of the molecule is CCOCCN(C)C(CN)c1ccccc1OC(F)F. The molecule has 0 aliphatic heterocycles. The molecule has 1 aromatic rings. The summed E-state index contributed by atoms with van der Waals surface area (Å²) in [5, 5.41) is 0. The van der Waals surface area contributed by atoms with Crippen molar-refractivity contribution in [3.8, 4) is 5.75 Å². The summed E-state index contributed by atoms with van der Waals surface area (Å²) in [5.74, 6) is 0.168. The Kier molecular flexibility index (Phi) is 7.43. The van der Waals surface area contributed by atoms with Gasteiger partial charge in [-0.2, -0.15) is 8.78 Å². The molecule has 6 heteroatoms. The van der Waals surface area contributed by atoms with Crippen molar-refractivity contribution in [2.75, 3.05) is 33.4 Å². The summed E-state index contributed by atoms with van der Waals surface area (Å²) in [6, 6.07) is 6.54. The highest BCUT2D eigenvalue weighted by Crippen LogP contribution is 2.29. The molecule has 0 amide bonds. The Morgan fingerprint density at radius 2 is 2.00 bits per heavy atom. The van der Waals surface area contributed by atoms with Crippen LogP contribution in [0, 0.1) is 0 Å². The van der Waals surface area contributed by atoms with Crippen molar-refractivity contribution >= 4 is 0 Å². The number of rotatable bonds is 9. The minimum Gasteiger partial charge on any atom is -0.434 e. The lowest BCUT2D eigenvalue weighted by molar-refractivity contribution is -0.0511. The molecule has 1 atom stereocenters. The average Bonchev–Trinajstić information content (AvgIpc) is 2.41. The second kappa shape index (κ2) is 8.84. The van der Waals surface area contributed by atoms with Gasteiger partial charge in [0.05, 0.1) is 12.6 Å². The fourth-order valence-electron chi connectivity index (χ4n) is 2.01. The van der Waals surface area contributed by atoms with Crippen molar-refractivity contribution in [3.63, 3.8) is 0 Å². The van der Waals surface area contributed by atoms with E-state index in [0.717, 1.165) is 0 Å². The summed E-state index contributed by atoms with van der Waals surface area (Å²) in [5.41, 5.74) is 6.45. The molecule has 0 spiro atoms. The van der Waals surface area contributed by atoms with Crippen LogP contribution in [0.15, 0.2) is 24.3 Å². The number of alkyl halides is 2. The molecule has 0 heterocycles. The molecule has 0 aliphatic carbocycles. The van der Waals surface area contributed by atoms with E-state index in [1.165, 1.54) is 6.07 Å². The van der Waals surface area contributed by atoms with Gasteiger partial charge in [-0.25, -0.2) is 0 Å². The molecule has 4 nitrogen and oxygen atoms in total. The maximum Gasteiger partial charge on any atom is 0.387 e. The van der Waals surface area contributed by atoms with Crippen LogP contribution in [0.3, 0.4) is 0 Å². The third-order valence-corrected chi connectivity index (χ3v) is 3.04. The van der Waals surface area contributed by atoms with E-state index in [0.29, 0.717) is 31.9 Å². The van der Waals surface area contributed by atoms with Crippen molar-refractivity contribution in [2.45, 2.75) is 19.6 Å². The molecule has 0 saturated carbocycles. The number of likely N-dealkylation sites (N-methyl/N-ethyl adjacent to an activating group) is 1. The second-order valence-electron chi connectivity index (χ2n) is 4.35. The van der Waals surface area contributed by atoms with Gasteiger partial charge in [0.2, 0.25) is 0 Å². The van der Waals surface area contributed by atoms with E-state index in [9.17, 15) is 8.78 Å².